The summed E-state index contributed by atoms with van der Waals surface area (Å²) in [5.41, 5.74) is 3.94. The molecule has 0 radical (unpaired) electrons. The zero-order chi connectivity index (χ0) is 42.6. The first-order valence-electron chi connectivity index (χ1n) is 21.8. The van der Waals surface area contributed by atoms with E-state index in [-0.39, 0.29) is 43.8 Å². The molecule has 2 heteroatoms. The van der Waals surface area contributed by atoms with Crippen molar-refractivity contribution < 1.29 is 17.8 Å². The molecule has 9 aromatic rings. The molecule has 0 saturated heterocycles. The second-order valence-electron chi connectivity index (χ2n) is 11.2. The molecular weight excluding hydrogens is 569 g/mol. The van der Waals surface area contributed by atoms with Gasteiger partial charge in [0.05, 0.1) is 34.5 Å². The topological polar surface area (TPSA) is 17.8 Å². The summed E-state index contributed by atoms with van der Waals surface area (Å²) in [6.45, 7) is 2.03. The number of hydrogen-bond donors (Lipinski definition) is 0. The first kappa shape index (κ1) is 17.1. The van der Waals surface area contributed by atoms with Gasteiger partial charge in [-0.05, 0) is 78.5 Å². The Kier molecular flexibility index (Phi) is 4.04. The van der Waals surface area contributed by atoms with Crippen LogP contribution in [0.25, 0.3) is 82.4 Å². The van der Waals surface area contributed by atoms with Crippen molar-refractivity contribution in [2.75, 3.05) is 0 Å². The minimum absolute atomic E-state index is 0.0334. The zero-order valence-corrected chi connectivity index (χ0v) is 25.2. The van der Waals surface area contributed by atoms with E-state index < -0.39 is 78.6 Å². The fourth-order valence-electron chi connectivity index (χ4n) is 6.66. The largest absolute Gasteiger partial charge is 0.296 e. The fraction of sp³-hybridized carbons (Fsp3) is 0.0444. The molecule has 1 heterocycles. The molecule has 0 aliphatic rings. The van der Waals surface area contributed by atoms with Crippen molar-refractivity contribution in [1.29, 1.82) is 0 Å². The van der Waals surface area contributed by atoms with Gasteiger partial charge in [0.25, 0.3) is 0 Å². The van der Waals surface area contributed by atoms with E-state index in [0.717, 1.165) is 27.9 Å². The Morgan fingerprint density at radius 1 is 0.511 bits per heavy atom. The molecule has 47 heavy (non-hydrogen) atoms. The summed E-state index contributed by atoms with van der Waals surface area (Å²) >= 11 is 0. The van der Waals surface area contributed by atoms with Gasteiger partial charge in [0.2, 0.25) is 0 Å². The number of aromatic nitrogens is 2. The minimum atomic E-state index is -0.532. The lowest BCUT2D eigenvalue weighted by Gasteiger charge is -2.20. The normalized spacial score (nSPS) is 15.5. The van der Waals surface area contributed by atoms with E-state index in [1.54, 1.807) is 12.1 Å². The summed E-state index contributed by atoms with van der Waals surface area (Å²) in [4.78, 5) is 4.89. The maximum atomic E-state index is 9.44. The lowest BCUT2D eigenvalue weighted by atomic mass is 9.84. The van der Waals surface area contributed by atoms with Crippen LogP contribution in [0.2, 0.25) is 0 Å². The summed E-state index contributed by atoms with van der Waals surface area (Å²) in [5, 5.41) is 1.64. The molecule has 0 amide bonds. The predicted molar refractivity (Wildman–Crippen MR) is 199 cm³/mol. The first-order chi connectivity index (χ1) is 28.7. The summed E-state index contributed by atoms with van der Waals surface area (Å²) in [7, 11) is 0. The van der Waals surface area contributed by atoms with Crippen LogP contribution < -0.4 is 0 Å². The third kappa shape index (κ3) is 4.37. The molecule has 0 fully saturated rings. The Morgan fingerprint density at radius 2 is 1.09 bits per heavy atom. The molecule has 0 bridgehead atoms. The summed E-state index contributed by atoms with van der Waals surface area (Å²) in [6.07, 6.45) is 0.636. The van der Waals surface area contributed by atoms with Crippen molar-refractivity contribution in [3.63, 3.8) is 0 Å². The summed E-state index contributed by atoms with van der Waals surface area (Å²) in [5.74, 6) is 0.829. The Hall–Kier alpha value is -5.99. The molecule has 0 saturated carbocycles. The molecule has 0 aliphatic carbocycles. The Bertz CT molecular complexity index is 3230. The summed E-state index contributed by atoms with van der Waals surface area (Å²) < 4.78 is 117. The minimum Gasteiger partial charge on any atom is -0.296 e. The molecule has 0 atom stereocenters. The Balaban J connectivity index is 1.43. The molecule has 2 nitrogen and oxygen atoms in total. The van der Waals surface area contributed by atoms with Crippen LogP contribution in [0.5, 0.6) is 0 Å². The monoisotopic (exact) mass is 613 g/mol. The average molecular weight is 614 g/mol. The number of hydrogen-bond acceptors (Lipinski definition) is 1. The number of fused-ring (bicyclic) bond motifs is 4. The van der Waals surface area contributed by atoms with Gasteiger partial charge >= 0.3 is 0 Å². The molecular formula is C45H32N2. The van der Waals surface area contributed by atoms with Crippen molar-refractivity contribution in [1.82, 2.24) is 9.55 Å². The average Bonchev–Trinajstić information content (AvgIpc) is 3.65. The highest BCUT2D eigenvalue weighted by Crippen LogP contribution is 2.46. The van der Waals surface area contributed by atoms with Crippen molar-refractivity contribution in [3.8, 4) is 39.1 Å². The molecule has 222 valence electrons. The van der Waals surface area contributed by atoms with Gasteiger partial charge in [-0.2, -0.15) is 0 Å². The number of aryl methyl sites for hydroxylation is 1. The van der Waals surface area contributed by atoms with Gasteiger partial charge in [0, 0.05) is 11.8 Å². The fourth-order valence-corrected chi connectivity index (χ4v) is 6.66. The number of nitrogens with zero attached hydrogens (tertiary/aromatic N) is 2. The molecule has 0 unspecified atom stereocenters. The van der Waals surface area contributed by atoms with Crippen LogP contribution in [0.1, 0.15) is 30.6 Å². The van der Waals surface area contributed by atoms with Crippen LogP contribution in [0.4, 0.5) is 0 Å². The second-order valence-corrected chi connectivity index (χ2v) is 11.2. The maximum absolute atomic E-state index is 9.44. The van der Waals surface area contributed by atoms with E-state index in [9.17, 15) is 5.48 Å². The molecule has 8 aromatic carbocycles. The lowest BCUT2D eigenvalue weighted by molar-refractivity contribution is 0.913. The van der Waals surface area contributed by atoms with Crippen molar-refractivity contribution >= 4 is 43.4 Å². The van der Waals surface area contributed by atoms with E-state index in [0.29, 0.717) is 22.9 Å². The van der Waals surface area contributed by atoms with E-state index in [4.69, 9.17) is 17.3 Å². The number of imidazole rings is 1. The van der Waals surface area contributed by atoms with E-state index in [1.165, 1.54) is 12.1 Å². The van der Waals surface area contributed by atoms with Gasteiger partial charge in [-0.25, -0.2) is 4.98 Å². The first-order valence-corrected chi connectivity index (χ1v) is 15.3. The summed E-state index contributed by atoms with van der Waals surface area (Å²) in [6, 6.07) is 19.3. The van der Waals surface area contributed by atoms with E-state index in [1.807, 2.05) is 67.6 Å². The van der Waals surface area contributed by atoms with Gasteiger partial charge in [0.15, 0.2) is 0 Å². The third-order valence-electron chi connectivity index (χ3n) is 8.70. The van der Waals surface area contributed by atoms with Crippen LogP contribution in [0, 0.1) is 0 Å². The molecule has 0 aliphatic heterocycles. The highest BCUT2D eigenvalue weighted by Gasteiger charge is 2.20. The zero-order valence-electron chi connectivity index (χ0n) is 38.2. The molecule has 0 N–H and O–H groups in total. The maximum Gasteiger partial charge on any atom is 0.114 e. The number of para-hydroxylation sites is 2. The molecule has 0 spiro atoms. The SMILES string of the molecule is [2H]c1c([2H])c([2H])c(-c2ccc(-c3c4c([2H])c([2H])c([2H])c([2H])c4c(-c4ccc(-n5c(CC)nc6ccccc65)c5ccccc45)c4c([2H])c([2H])c([2H])c([2H])c34)cc2)c([2H])c1[2H]. The van der Waals surface area contributed by atoms with Gasteiger partial charge in [-0.15, -0.1) is 0 Å². The predicted octanol–water partition coefficient (Wildman–Crippen LogP) is 12.0. The smallest absolute Gasteiger partial charge is 0.114 e. The van der Waals surface area contributed by atoms with E-state index >= 15 is 0 Å². The van der Waals surface area contributed by atoms with Crippen molar-refractivity contribution in [2.45, 2.75) is 13.3 Å². The Labute approximate surface area is 292 Å². The van der Waals surface area contributed by atoms with Crippen molar-refractivity contribution in [2.24, 2.45) is 0 Å². The Morgan fingerprint density at radius 3 is 1.77 bits per heavy atom. The standard InChI is InChI=1S/C45H32N2/c1-2-43-46-40-22-12-13-23-42(40)47(43)41-29-28-39(33-16-6-7-17-34(33)41)45-37-20-10-8-18-35(37)44(36-19-9-11-21-38(36)45)32-26-24-31(25-27-32)30-14-4-3-5-15-30/h3-29H,2H2,1H3/i3D,4D,5D,8D,9D,10D,11D,14D,15D,18D,19D,20D,21D. The quantitative estimate of drug-likeness (QED) is 0.177. The van der Waals surface area contributed by atoms with Crippen LogP contribution in [-0.4, -0.2) is 9.55 Å². The van der Waals surface area contributed by atoms with Crippen LogP contribution in [0.3, 0.4) is 0 Å². The van der Waals surface area contributed by atoms with Gasteiger partial charge in [-0.1, -0.05) is 152 Å². The highest BCUT2D eigenvalue weighted by molar-refractivity contribution is 6.23. The van der Waals surface area contributed by atoms with Gasteiger partial charge in [0.1, 0.15) is 5.82 Å². The third-order valence-corrected chi connectivity index (χ3v) is 8.70. The molecule has 9 rings (SSSR count). The van der Waals surface area contributed by atoms with Gasteiger partial charge < -0.3 is 0 Å². The van der Waals surface area contributed by atoms with Crippen LogP contribution in [0.15, 0.2) is 163 Å². The van der Waals surface area contributed by atoms with Crippen molar-refractivity contribution in [3.05, 3.63) is 169 Å². The highest BCUT2D eigenvalue weighted by atomic mass is 15.1. The van der Waals surface area contributed by atoms with Gasteiger partial charge in [-0.3, -0.25) is 4.57 Å². The molecule has 1 aromatic heterocycles. The second kappa shape index (κ2) is 11.1. The number of rotatable bonds is 5. The van der Waals surface area contributed by atoms with Crippen LogP contribution in [-0.2, 0) is 6.42 Å². The van der Waals surface area contributed by atoms with E-state index in [2.05, 4.69) is 4.57 Å². The number of benzene rings is 8. The lowest BCUT2D eigenvalue weighted by Crippen LogP contribution is -2.01. The van der Waals surface area contributed by atoms with Crippen LogP contribution >= 0.6 is 0 Å².